The van der Waals surface area contributed by atoms with Gasteiger partial charge in [-0.1, -0.05) is 6.92 Å². The van der Waals surface area contributed by atoms with Gasteiger partial charge in [-0.05, 0) is 6.54 Å². The van der Waals surface area contributed by atoms with Gasteiger partial charge in [0.05, 0.1) is 19.6 Å². The normalized spacial score (nSPS) is 23.0. The van der Waals surface area contributed by atoms with Gasteiger partial charge in [0.15, 0.2) is 0 Å². The van der Waals surface area contributed by atoms with Crippen molar-refractivity contribution in [3.05, 3.63) is 0 Å². The van der Waals surface area contributed by atoms with Gasteiger partial charge in [-0.15, -0.1) is 0 Å². The highest BCUT2D eigenvalue weighted by molar-refractivity contribution is 5.87. The minimum Gasteiger partial charge on any atom is -0.469 e. The predicted octanol–water partition coefficient (Wildman–Crippen LogP) is -0.630. The maximum atomic E-state index is 11.5. The summed E-state index contributed by atoms with van der Waals surface area (Å²) in [5.74, 6) is -0.422. The average molecular weight is 200 g/mol. The van der Waals surface area contributed by atoms with Gasteiger partial charge < -0.3 is 10.1 Å². The largest absolute Gasteiger partial charge is 0.469 e. The minimum absolute atomic E-state index is 0.0801. The molecular weight excluding hydrogens is 184 g/mol. The molecule has 1 N–H and O–H groups in total. The van der Waals surface area contributed by atoms with Crippen molar-refractivity contribution in [1.82, 2.24) is 10.2 Å². The van der Waals surface area contributed by atoms with Crippen molar-refractivity contribution >= 4 is 11.9 Å². The standard InChI is InChI=1S/C9H16N2O3/c1-3-11-5-4-10-9(13)7(11)6-8(12)14-2/h7H,3-6H2,1-2H3,(H,10,13). The lowest BCUT2D eigenvalue weighted by Crippen LogP contribution is -2.55. The molecule has 0 saturated carbocycles. The number of amides is 1. The lowest BCUT2D eigenvalue weighted by Gasteiger charge is -2.33. The van der Waals surface area contributed by atoms with E-state index in [0.717, 1.165) is 13.1 Å². The zero-order chi connectivity index (χ0) is 10.6. The lowest BCUT2D eigenvalue weighted by atomic mass is 10.1. The Morgan fingerprint density at radius 2 is 2.43 bits per heavy atom. The van der Waals surface area contributed by atoms with Crippen LogP contribution in [0.4, 0.5) is 0 Å². The monoisotopic (exact) mass is 200 g/mol. The van der Waals surface area contributed by atoms with E-state index in [2.05, 4.69) is 10.1 Å². The number of hydrogen-bond acceptors (Lipinski definition) is 4. The molecular formula is C9H16N2O3. The number of piperazine rings is 1. The Hall–Kier alpha value is -1.10. The first kappa shape index (κ1) is 11.0. The molecule has 5 heteroatoms. The van der Waals surface area contributed by atoms with Crippen LogP contribution in [0.1, 0.15) is 13.3 Å². The summed E-state index contributed by atoms with van der Waals surface area (Å²) in [7, 11) is 1.33. The second kappa shape index (κ2) is 4.95. The molecule has 5 nitrogen and oxygen atoms in total. The Bertz CT molecular complexity index is 230. The molecule has 1 rings (SSSR count). The molecule has 0 aromatic rings. The first-order valence-electron chi connectivity index (χ1n) is 4.77. The molecule has 14 heavy (non-hydrogen) atoms. The average Bonchev–Trinajstić information content (AvgIpc) is 2.20. The summed E-state index contributed by atoms with van der Waals surface area (Å²) in [5, 5.41) is 2.74. The number of esters is 1. The van der Waals surface area contributed by atoms with Crippen molar-refractivity contribution in [2.45, 2.75) is 19.4 Å². The van der Waals surface area contributed by atoms with Crippen LogP contribution in [0.3, 0.4) is 0 Å². The van der Waals surface area contributed by atoms with E-state index < -0.39 is 0 Å². The van der Waals surface area contributed by atoms with Crippen LogP contribution in [0, 0.1) is 0 Å². The van der Waals surface area contributed by atoms with Crippen LogP contribution in [0.5, 0.6) is 0 Å². The van der Waals surface area contributed by atoms with Gasteiger partial charge in [0.2, 0.25) is 5.91 Å². The first-order chi connectivity index (χ1) is 6.69. The highest BCUT2D eigenvalue weighted by Gasteiger charge is 2.30. The molecule has 1 aliphatic rings. The van der Waals surface area contributed by atoms with E-state index in [1.807, 2.05) is 11.8 Å². The number of nitrogens with one attached hydrogen (secondary N) is 1. The molecule has 0 aliphatic carbocycles. The second-order valence-corrected chi connectivity index (χ2v) is 3.22. The van der Waals surface area contributed by atoms with Gasteiger partial charge >= 0.3 is 5.97 Å². The van der Waals surface area contributed by atoms with E-state index in [1.165, 1.54) is 7.11 Å². The number of carbonyl (C=O) groups is 2. The Labute approximate surface area is 83.4 Å². The van der Waals surface area contributed by atoms with Gasteiger partial charge in [0, 0.05) is 13.1 Å². The van der Waals surface area contributed by atoms with Crippen molar-refractivity contribution in [3.63, 3.8) is 0 Å². The van der Waals surface area contributed by atoms with Crippen molar-refractivity contribution in [1.29, 1.82) is 0 Å². The molecule has 1 unspecified atom stereocenters. The lowest BCUT2D eigenvalue weighted by molar-refractivity contribution is -0.145. The summed E-state index contributed by atoms with van der Waals surface area (Å²) < 4.78 is 4.55. The number of carbonyl (C=O) groups excluding carboxylic acids is 2. The number of nitrogens with zero attached hydrogens (tertiary/aromatic N) is 1. The summed E-state index contributed by atoms with van der Waals surface area (Å²) in [6.45, 7) is 4.20. The van der Waals surface area contributed by atoms with Crippen molar-refractivity contribution in [2.75, 3.05) is 26.7 Å². The molecule has 1 fully saturated rings. The maximum absolute atomic E-state index is 11.5. The van der Waals surface area contributed by atoms with Crippen molar-refractivity contribution in [3.8, 4) is 0 Å². The fourth-order valence-corrected chi connectivity index (χ4v) is 1.60. The quantitative estimate of drug-likeness (QED) is 0.616. The minimum atomic E-state index is -0.360. The molecule has 1 aliphatic heterocycles. The van der Waals surface area contributed by atoms with Gasteiger partial charge in [0.1, 0.15) is 0 Å². The summed E-state index contributed by atoms with van der Waals surface area (Å²) in [6, 6.07) is -0.360. The highest BCUT2D eigenvalue weighted by atomic mass is 16.5. The topological polar surface area (TPSA) is 58.6 Å². The summed E-state index contributed by atoms with van der Waals surface area (Å²) in [5.41, 5.74) is 0. The van der Waals surface area contributed by atoms with E-state index in [-0.39, 0.29) is 24.3 Å². The summed E-state index contributed by atoms with van der Waals surface area (Å²) >= 11 is 0. The van der Waals surface area contributed by atoms with Crippen LogP contribution in [0.15, 0.2) is 0 Å². The maximum Gasteiger partial charge on any atom is 0.307 e. The number of ether oxygens (including phenoxy) is 1. The van der Waals surface area contributed by atoms with Crippen molar-refractivity contribution in [2.24, 2.45) is 0 Å². The van der Waals surface area contributed by atoms with Crippen LogP contribution in [0.25, 0.3) is 0 Å². The van der Waals surface area contributed by atoms with Gasteiger partial charge in [-0.2, -0.15) is 0 Å². The van der Waals surface area contributed by atoms with Gasteiger partial charge in [-0.3, -0.25) is 14.5 Å². The number of hydrogen-bond donors (Lipinski definition) is 1. The molecule has 80 valence electrons. The fraction of sp³-hybridized carbons (Fsp3) is 0.778. The van der Waals surface area contributed by atoms with E-state index >= 15 is 0 Å². The fourth-order valence-electron chi connectivity index (χ4n) is 1.60. The number of likely N-dealkylation sites (N-methyl/N-ethyl adjacent to an activating group) is 1. The van der Waals surface area contributed by atoms with E-state index in [4.69, 9.17) is 0 Å². The zero-order valence-corrected chi connectivity index (χ0v) is 8.58. The van der Waals surface area contributed by atoms with E-state index in [0.29, 0.717) is 6.54 Å². The summed E-state index contributed by atoms with van der Waals surface area (Å²) in [6.07, 6.45) is 0.135. The molecule has 0 aromatic heterocycles. The second-order valence-electron chi connectivity index (χ2n) is 3.22. The number of rotatable bonds is 3. The third kappa shape index (κ3) is 2.45. The van der Waals surface area contributed by atoms with Crippen LogP contribution < -0.4 is 5.32 Å². The Balaban J connectivity index is 2.59. The summed E-state index contributed by atoms with van der Waals surface area (Å²) in [4.78, 5) is 24.5. The number of methoxy groups -OCH3 is 1. The highest BCUT2D eigenvalue weighted by Crippen LogP contribution is 2.08. The predicted molar refractivity (Wildman–Crippen MR) is 50.7 cm³/mol. The molecule has 0 aromatic carbocycles. The Morgan fingerprint density at radius 3 is 3.00 bits per heavy atom. The Kier molecular flexibility index (Phi) is 3.88. The molecule has 1 atom stereocenters. The van der Waals surface area contributed by atoms with Crippen LogP contribution >= 0.6 is 0 Å². The molecule has 1 amide bonds. The third-order valence-corrected chi connectivity index (χ3v) is 2.44. The molecule has 0 spiro atoms. The third-order valence-electron chi connectivity index (χ3n) is 2.44. The Morgan fingerprint density at radius 1 is 1.71 bits per heavy atom. The zero-order valence-electron chi connectivity index (χ0n) is 8.58. The molecule has 0 radical (unpaired) electrons. The molecule has 0 bridgehead atoms. The van der Waals surface area contributed by atoms with Crippen LogP contribution in [0.2, 0.25) is 0 Å². The molecule has 1 heterocycles. The van der Waals surface area contributed by atoms with E-state index in [1.54, 1.807) is 0 Å². The van der Waals surface area contributed by atoms with E-state index in [9.17, 15) is 9.59 Å². The van der Waals surface area contributed by atoms with Crippen molar-refractivity contribution < 1.29 is 14.3 Å². The van der Waals surface area contributed by atoms with Gasteiger partial charge in [-0.25, -0.2) is 0 Å². The smallest absolute Gasteiger partial charge is 0.307 e. The van der Waals surface area contributed by atoms with Gasteiger partial charge in [0.25, 0.3) is 0 Å². The SMILES string of the molecule is CCN1CCNC(=O)C1CC(=O)OC. The molecule has 1 saturated heterocycles. The van der Waals surface area contributed by atoms with Crippen LogP contribution in [-0.2, 0) is 14.3 Å². The first-order valence-corrected chi connectivity index (χ1v) is 4.77. The van der Waals surface area contributed by atoms with Crippen LogP contribution in [-0.4, -0.2) is 49.6 Å².